The Labute approximate surface area is 112 Å². The quantitative estimate of drug-likeness (QED) is 0.878. The monoisotopic (exact) mass is 261 g/mol. The summed E-state index contributed by atoms with van der Waals surface area (Å²) in [6, 6.07) is 4.98. The molecule has 1 saturated carbocycles. The molecule has 0 atom stereocenters. The van der Waals surface area contributed by atoms with Crippen molar-refractivity contribution in [2.45, 2.75) is 32.6 Å². The second-order valence-electron chi connectivity index (χ2n) is 5.73. The van der Waals surface area contributed by atoms with Gasteiger partial charge in [-0.25, -0.2) is 9.37 Å². The van der Waals surface area contributed by atoms with E-state index in [-0.39, 0.29) is 5.82 Å². The number of nitrogens with zero attached hydrogens (tertiary/aromatic N) is 1. The Morgan fingerprint density at radius 2 is 2.11 bits per heavy atom. The molecular weight excluding hydrogens is 241 g/mol. The molecule has 3 nitrogen and oxygen atoms in total. The molecule has 4 heteroatoms. The van der Waals surface area contributed by atoms with Crippen LogP contribution < -0.4 is 5.32 Å². The number of imidazole rings is 1. The van der Waals surface area contributed by atoms with Crippen LogP contribution in [-0.2, 0) is 0 Å². The summed E-state index contributed by atoms with van der Waals surface area (Å²) in [6.45, 7) is 3.25. The molecule has 102 valence electrons. The Morgan fingerprint density at radius 3 is 2.84 bits per heavy atom. The summed E-state index contributed by atoms with van der Waals surface area (Å²) in [5, 5.41) is 3.31. The number of benzene rings is 1. The van der Waals surface area contributed by atoms with E-state index in [0.717, 1.165) is 18.0 Å². The Bertz CT molecular complexity index is 556. The van der Waals surface area contributed by atoms with Crippen molar-refractivity contribution in [3.05, 3.63) is 24.0 Å². The maximum atomic E-state index is 13.5. The highest BCUT2D eigenvalue weighted by atomic mass is 19.1. The van der Waals surface area contributed by atoms with E-state index in [1.807, 2.05) is 6.07 Å². The van der Waals surface area contributed by atoms with E-state index in [1.54, 1.807) is 6.07 Å². The highest BCUT2D eigenvalue weighted by Gasteiger charge is 2.18. The van der Waals surface area contributed by atoms with Crippen LogP contribution in [0.25, 0.3) is 11.0 Å². The molecule has 3 rings (SSSR count). The normalized spacial score (nSPS) is 23.7. The van der Waals surface area contributed by atoms with Crippen molar-refractivity contribution in [1.82, 2.24) is 9.97 Å². The van der Waals surface area contributed by atoms with Gasteiger partial charge < -0.3 is 10.3 Å². The molecule has 1 fully saturated rings. The minimum absolute atomic E-state index is 0.270. The minimum Gasteiger partial charge on any atom is -0.356 e. The number of hydrogen-bond acceptors (Lipinski definition) is 2. The second-order valence-corrected chi connectivity index (χ2v) is 5.73. The van der Waals surface area contributed by atoms with Gasteiger partial charge in [-0.2, -0.15) is 0 Å². The Kier molecular flexibility index (Phi) is 3.40. The number of hydrogen-bond donors (Lipinski definition) is 2. The number of para-hydroxylation sites is 1. The van der Waals surface area contributed by atoms with Gasteiger partial charge in [0.25, 0.3) is 0 Å². The zero-order valence-electron chi connectivity index (χ0n) is 11.2. The Hall–Kier alpha value is -1.58. The van der Waals surface area contributed by atoms with E-state index in [1.165, 1.54) is 31.7 Å². The lowest BCUT2D eigenvalue weighted by molar-refractivity contribution is 0.300. The van der Waals surface area contributed by atoms with E-state index in [2.05, 4.69) is 22.2 Å². The number of halogens is 1. The lowest BCUT2D eigenvalue weighted by Crippen LogP contribution is -2.20. The molecule has 19 heavy (non-hydrogen) atoms. The van der Waals surface area contributed by atoms with Crippen LogP contribution >= 0.6 is 0 Å². The molecule has 0 aliphatic heterocycles. The molecule has 1 heterocycles. The Morgan fingerprint density at radius 1 is 1.32 bits per heavy atom. The first-order valence-electron chi connectivity index (χ1n) is 7.10. The first kappa shape index (κ1) is 12.5. The topological polar surface area (TPSA) is 40.7 Å². The van der Waals surface area contributed by atoms with E-state index < -0.39 is 0 Å². The smallest absolute Gasteiger partial charge is 0.201 e. The van der Waals surface area contributed by atoms with E-state index >= 15 is 0 Å². The molecule has 0 bridgehead atoms. The fourth-order valence-electron chi connectivity index (χ4n) is 2.86. The lowest BCUT2D eigenvalue weighted by Gasteiger charge is -2.26. The molecular formula is C15H20FN3. The molecule has 1 aromatic heterocycles. The van der Waals surface area contributed by atoms with Gasteiger partial charge in [-0.15, -0.1) is 0 Å². The maximum Gasteiger partial charge on any atom is 0.201 e. The van der Waals surface area contributed by atoms with Crippen LogP contribution in [-0.4, -0.2) is 16.5 Å². The van der Waals surface area contributed by atoms with Crippen LogP contribution in [0, 0.1) is 17.7 Å². The standard InChI is InChI=1S/C15H20FN3/c1-10-5-7-11(8-6-10)9-17-15-18-13-4-2-3-12(16)14(13)19-15/h2-4,10-11H,5-9H2,1H3,(H2,17,18,19). The van der Waals surface area contributed by atoms with Gasteiger partial charge in [0, 0.05) is 6.54 Å². The third kappa shape index (κ3) is 2.72. The fraction of sp³-hybridized carbons (Fsp3) is 0.533. The molecule has 0 saturated heterocycles. The molecule has 2 N–H and O–H groups in total. The van der Waals surface area contributed by atoms with Crippen LogP contribution in [0.2, 0.25) is 0 Å². The van der Waals surface area contributed by atoms with Gasteiger partial charge in [-0.1, -0.05) is 25.8 Å². The third-order valence-corrected chi connectivity index (χ3v) is 4.16. The zero-order chi connectivity index (χ0) is 13.2. The minimum atomic E-state index is -0.270. The largest absolute Gasteiger partial charge is 0.356 e. The maximum absolute atomic E-state index is 13.5. The van der Waals surface area contributed by atoms with Crippen molar-refractivity contribution in [2.75, 3.05) is 11.9 Å². The molecule has 0 radical (unpaired) electrons. The number of aromatic nitrogens is 2. The number of H-pyrrole nitrogens is 1. The average Bonchev–Trinajstić information content (AvgIpc) is 2.83. The Balaban J connectivity index is 1.64. The predicted molar refractivity (Wildman–Crippen MR) is 75.7 cm³/mol. The summed E-state index contributed by atoms with van der Waals surface area (Å²) in [6.07, 6.45) is 5.20. The number of rotatable bonds is 3. The summed E-state index contributed by atoms with van der Waals surface area (Å²) >= 11 is 0. The SMILES string of the molecule is CC1CCC(CNc2nc3c(F)cccc3[nH]2)CC1. The van der Waals surface area contributed by atoms with Crippen molar-refractivity contribution in [1.29, 1.82) is 0 Å². The lowest BCUT2D eigenvalue weighted by atomic mass is 9.83. The number of fused-ring (bicyclic) bond motifs is 1. The van der Waals surface area contributed by atoms with Crippen molar-refractivity contribution in [2.24, 2.45) is 11.8 Å². The van der Waals surface area contributed by atoms with Crippen molar-refractivity contribution in [3.8, 4) is 0 Å². The van der Waals surface area contributed by atoms with Gasteiger partial charge in [-0.3, -0.25) is 0 Å². The van der Waals surface area contributed by atoms with Crippen molar-refractivity contribution in [3.63, 3.8) is 0 Å². The second kappa shape index (κ2) is 5.19. The number of anilines is 1. The van der Waals surface area contributed by atoms with Gasteiger partial charge in [0.05, 0.1) is 5.52 Å². The van der Waals surface area contributed by atoms with Crippen LogP contribution in [0.1, 0.15) is 32.6 Å². The van der Waals surface area contributed by atoms with Gasteiger partial charge in [0.15, 0.2) is 5.82 Å². The first-order chi connectivity index (χ1) is 9.22. The van der Waals surface area contributed by atoms with E-state index in [0.29, 0.717) is 17.4 Å². The summed E-state index contributed by atoms with van der Waals surface area (Å²) in [4.78, 5) is 7.39. The molecule has 1 aliphatic carbocycles. The zero-order valence-corrected chi connectivity index (χ0v) is 11.2. The number of aromatic amines is 1. The number of nitrogens with one attached hydrogen (secondary N) is 2. The van der Waals surface area contributed by atoms with Gasteiger partial charge in [0.2, 0.25) is 5.95 Å². The fourth-order valence-corrected chi connectivity index (χ4v) is 2.86. The van der Waals surface area contributed by atoms with Crippen LogP contribution in [0.3, 0.4) is 0 Å². The van der Waals surface area contributed by atoms with Crippen LogP contribution in [0.5, 0.6) is 0 Å². The van der Waals surface area contributed by atoms with Crippen LogP contribution in [0.15, 0.2) is 18.2 Å². The first-order valence-corrected chi connectivity index (χ1v) is 7.10. The van der Waals surface area contributed by atoms with E-state index in [4.69, 9.17) is 0 Å². The third-order valence-electron chi connectivity index (χ3n) is 4.16. The van der Waals surface area contributed by atoms with Crippen LogP contribution in [0.4, 0.5) is 10.3 Å². The summed E-state index contributed by atoms with van der Waals surface area (Å²) < 4.78 is 13.5. The molecule has 0 amide bonds. The van der Waals surface area contributed by atoms with Gasteiger partial charge in [-0.05, 0) is 36.8 Å². The predicted octanol–water partition coefficient (Wildman–Crippen LogP) is 3.94. The summed E-state index contributed by atoms with van der Waals surface area (Å²) in [5.74, 6) is 2.00. The highest BCUT2D eigenvalue weighted by molar-refractivity contribution is 5.77. The van der Waals surface area contributed by atoms with Crippen molar-refractivity contribution >= 4 is 17.0 Å². The molecule has 1 aliphatic rings. The summed E-state index contributed by atoms with van der Waals surface area (Å²) in [7, 11) is 0. The molecule has 0 spiro atoms. The van der Waals surface area contributed by atoms with Gasteiger partial charge in [0.1, 0.15) is 5.52 Å². The van der Waals surface area contributed by atoms with E-state index in [9.17, 15) is 4.39 Å². The molecule has 2 aromatic rings. The summed E-state index contributed by atoms with van der Waals surface area (Å²) in [5.41, 5.74) is 1.17. The highest BCUT2D eigenvalue weighted by Crippen LogP contribution is 2.28. The van der Waals surface area contributed by atoms with Gasteiger partial charge >= 0.3 is 0 Å². The average molecular weight is 261 g/mol. The molecule has 0 unspecified atom stereocenters. The molecule has 1 aromatic carbocycles. The van der Waals surface area contributed by atoms with Crippen molar-refractivity contribution < 1.29 is 4.39 Å².